The van der Waals surface area contributed by atoms with Crippen LogP contribution in [0.25, 0.3) is 0 Å². The summed E-state index contributed by atoms with van der Waals surface area (Å²) in [5.41, 5.74) is 0.755. The molecule has 7 nitrogen and oxygen atoms in total. The van der Waals surface area contributed by atoms with Crippen molar-refractivity contribution in [2.45, 2.75) is 38.4 Å². The van der Waals surface area contributed by atoms with E-state index in [0.29, 0.717) is 22.7 Å². The second-order valence-electron chi connectivity index (χ2n) is 7.91. The van der Waals surface area contributed by atoms with Gasteiger partial charge in [-0.25, -0.2) is 8.42 Å². The summed E-state index contributed by atoms with van der Waals surface area (Å²) in [6.45, 7) is 0.732. The van der Waals surface area contributed by atoms with Gasteiger partial charge in [-0.05, 0) is 25.1 Å². The van der Waals surface area contributed by atoms with Crippen LogP contribution in [0.15, 0.2) is 18.2 Å². The monoisotopic (exact) mass is 492 g/mol. The average Bonchev–Trinajstić information content (AvgIpc) is 2.96. The third-order valence-corrected chi connectivity index (χ3v) is 7.65. The minimum absolute atomic E-state index is 0.0140. The predicted octanol–water partition coefficient (Wildman–Crippen LogP) is 3.14. The Morgan fingerprint density at radius 2 is 1.94 bits per heavy atom. The minimum Gasteiger partial charge on any atom is -0.331 e. The fraction of sp³-hybridized carbons (Fsp3) is 0.474. The molecule has 3 heterocycles. The maximum absolute atomic E-state index is 15.2. The van der Waals surface area contributed by atoms with Gasteiger partial charge in [0.2, 0.25) is 10.0 Å². The molecular weight excluding hydrogens is 473 g/mol. The summed E-state index contributed by atoms with van der Waals surface area (Å²) in [4.78, 5) is 14.6. The van der Waals surface area contributed by atoms with Crippen LogP contribution < -0.4 is 0 Å². The Morgan fingerprint density at radius 3 is 2.58 bits per heavy atom. The van der Waals surface area contributed by atoms with Gasteiger partial charge >= 0.3 is 5.92 Å². The Labute approximate surface area is 188 Å². The minimum atomic E-state index is -3.79. The van der Waals surface area contributed by atoms with E-state index in [1.807, 2.05) is 6.92 Å². The van der Waals surface area contributed by atoms with E-state index in [0.717, 1.165) is 10.6 Å². The first-order valence-electron chi connectivity index (χ1n) is 9.56. The van der Waals surface area contributed by atoms with Crippen molar-refractivity contribution in [3.05, 3.63) is 50.8 Å². The zero-order valence-corrected chi connectivity index (χ0v) is 19.1. The van der Waals surface area contributed by atoms with Crippen LogP contribution >= 0.6 is 23.2 Å². The van der Waals surface area contributed by atoms with E-state index < -0.39 is 22.5 Å². The van der Waals surface area contributed by atoms with Crippen molar-refractivity contribution in [2.24, 2.45) is 0 Å². The molecule has 0 fully saturated rings. The first-order valence-corrected chi connectivity index (χ1v) is 12.2. The van der Waals surface area contributed by atoms with Crippen molar-refractivity contribution in [3.63, 3.8) is 0 Å². The smallest absolute Gasteiger partial charge is 0.303 e. The lowest BCUT2D eigenvalue weighted by molar-refractivity contribution is -0.0228. The first kappa shape index (κ1) is 22.4. The molecule has 168 valence electrons. The Kier molecular flexibility index (Phi) is 5.56. The number of benzene rings is 1. The lowest BCUT2D eigenvalue weighted by atomic mass is 9.96. The molecule has 0 saturated heterocycles. The first-order chi connectivity index (χ1) is 14.4. The standard InChI is InChI=1S/C19H20Cl2F2N4O3S/c1-11-7-16-13(9-26(11)18(28)12-3-4-14(20)15(21)8-12)17-19(22,23)10-25(31(2,29)30)5-6-27(17)24-16/h3-4,8,11H,5-7,9-10H2,1-2H3/t11-/m1/s1. The maximum atomic E-state index is 15.2. The zero-order chi connectivity index (χ0) is 22.7. The molecule has 1 aromatic carbocycles. The van der Waals surface area contributed by atoms with E-state index in [-0.39, 0.29) is 47.9 Å². The van der Waals surface area contributed by atoms with Gasteiger partial charge in [0.05, 0.1) is 41.6 Å². The van der Waals surface area contributed by atoms with Gasteiger partial charge in [-0.2, -0.15) is 18.2 Å². The van der Waals surface area contributed by atoms with Gasteiger partial charge in [0, 0.05) is 30.1 Å². The van der Waals surface area contributed by atoms with Gasteiger partial charge in [-0.1, -0.05) is 23.2 Å². The van der Waals surface area contributed by atoms with Crippen molar-refractivity contribution < 1.29 is 22.0 Å². The third kappa shape index (κ3) is 4.06. The van der Waals surface area contributed by atoms with Gasteiger partial charge in [0.1, 0.15) is 5.69 Å². The number of amides is 1. The molecule has 1 atom stereocenters. The molecule has 0 aliphatic carbocycles. The number of sulfonamides is 1. The van der Waals surface area contributed by atoms with Crippen LogP contribution in [0.1, 0.15) is 34.2 Å². The summed E-state index contributed by atoms with van der Waals surface area (Å²) in [6.07, 6.45) is 1.22. The van der Waals surface area contributed by atoms with Crippen molar-refractivity contribution in [2.75, 3.05) is 19.3 Å². The molecule has 0 saturated carbocycles. The fourth-order valence-electron chi connectivity index (χ4n) is 4.10. The second kappa shape index (κ2) is 7.68. The third-order valence-electron chi connectivity index (χ3n) is 5.66. The highest BCUT2D eigenvalue weighted by atomic mass is 35.5. The SMILES string of the molecule is C[C@@H]1Cc2nn3c(c2CN1C(=O)c1ccc(Cl)c(Cl)c1)C(F)(F)CN(S(C)(=O)=O)CC3. The number of fused-ring (bicyclic) bond motifs is 3. The highest BCUT2D eigenvalue weighted by Crippen LogP contribution is 2.39. The van der Waals surface area contributed by atoms with Gasteiger partial charge < -0.3 is 4.90 Å². The normalized spacial score (nSPS) is 21.4. The lowest BCUT2D eigenvalue weighted by Crippen LogP contribution is -2.43. The second-order valence-corrected chi connectivity index (χ2v) is 10.7. The molecule has 31 heavy (non-hydrogen) atoms. The van der Waals surface area contributed by atoms with E-state index in [4.69, 9.17) is 23.2 Å². The Morgan fingerprint density at radius 1 is 1.23 bits per heavy atom. The number of aromatic nitrogens is 2. The summed E-state index contributed by atoms with van der Waals surface area (Å²) in [7, 11) is -3.79. The van der Waals surface area contributed by atoms with Crippen molar-refractivity contribution in [1.29, 1.82) is 0 Å². The van der Waals surface area contributed by atoms with Crippen molar-refractivity contribution in [1.82, 2.24) is 19.0 Å². The van der Waals surface area contributed by atoms with Gasteiger partial charge in [0.25, 0.3) is 5.91 Å². The molecule has 1 aromatic heterocycles. The Hall–Kier alpha value is -1.75. The molecule has 0 spiro atoms. The maximum Gasteiger partial charge on any atom is 0.303 e. The summed E-state index contributed by atoms with van der Waals surface area (Å²) < 4.78 is 56.1. The number of halogens is 4. The number of alkyl halides is 2. The molecule has 4 rings (SSSR count). The number of rotatable bonds is 2. The predicted molar refractivity (Wildman–Crippen MR) is 112 cm³/mol. The molecular formula is C19H20Cl2F2N4O3S. The Bertz CT molecular complexity index is 1170. The largest absolute Gasteiger partial charge is 0.331 e. The molecule has 0 unspecified atom stereocenters. The van der Waals surface area contributed by atoms with Crippen LogP contribution in [-0.2, 0) is 35.5 Å². The van der Waals surface area contributed by atoms with Crippen LogP contribution in [0.4, 0.5) is 8.78 Å². The topological polar surface area (TPSA) is 75.5 Å². The fourth-order valence-corrected chi connectivity index (χ4v) is 5.21. The number of nitrogens with zero attached hydrogens (tertiary/aromatic N) is 4. The summed E-state index contributed by atoms with van der Waals surface area (Å²) >= 11 is 12.0. The van der Waals surface area contributed by atoms with Crippen LogP contribution in [0, 0.1) is 0 Å². The van der Waals surface area contributed by atoms with Crippen molar-refractivity contribution >= 4 is 39.1 Å². The van der Waals surface area contributed by atoms with Gasteiger partial charge in [-0.3, -0.25) is 9.48 Å². The van der Waals surface area contributed by atoms with Crippen molar-refractivity contribution in [3.8, 4) is 0 Å². The number of carbonyl (C=O) groups is 1. The highest BCUT2D eigenvalue weighted by molar-refractivity contribution is 7.88. The molecule has 2 aliphatic heterocycles. The van der Waals surface area contributed by atoms with E-state index >= 15 is 8.78 Å². The molecule has 0 bridgehead atoms. The molecule has 1 amide bonds. The summed E-state index contributed by atoms with van der Waals surface area (Å²) in [6, 6.07) is 4.23. The van der Waals surface area contributed by atoms with E-state index in [9.17, 15) is 13.2 Å². The van der Waals surface area contributed by atoms with Crippen LogP contribution in [0.5, 0.6) is 0 Å². The van der Waals surface area contributed by atoms with E-state index in [1.165, 1.54) is 27.8 Å². The molecule has 12 heteroatoms. The molecule has 0 radical (unpaired) electrons. The molecule has 2 aromatic rings. The Balaban J connectivity index is 1.70. The van der Waals surface area contributed by atoms with Gasteiger partial charge in [-0.15, -0.1) is 0 Å². The quantitative estimate of drug-likeness (QED) is 0.645. The summed E-state index contributed by atoms with van der Waals surface area (Å²) in [5.74, 6) is -3.80. The number of hydrogen-bond donors (Lipinski definition) is 0. The lowest BCUT2D eigenvalue weighted by Gasteiger charge is -2.34. The van der Waals surface area contributed by atoms with Crippen LogP contribution in [0.3, 0.4) is 0 Å². The highest BCUT2D eigenvalue weighted by Gasteiger charge is 2.46. The summed E-state index contributed by atoms with van der Waals surface area (Å²) in [5, 5.41) is 4.88. The van der Waals surface area contributed by atoms with Crippen LogP contribution in [-0.4, -0.2) is 58.7 Å². The van der Waals surface area contributed by atoms with E-state index in [1.54, 1.807) is 0 Å². The van der Waals surface area contributed by atoms with Gasteiger partial charge in [0.15, 0.2) is 0 Å². The van der Waals surface area contributed by atoms with Crippen LogP contribution in [0.2, 0.25) is 10.0 Å². The number of carbonyl (C=O) groups excluding carboxylic acids is 1. The molecule has 2 aliphatic rings. The average molecular weight is 493 g/mol. The number of hydrogen-bond acceptors (Lipinski definition) is 4. The van der Waals surface area contributed by atoms with E-state index in [2.05, 4.69) is 5.10 Å². The molecule has 0 N–H and O–H groups in total. The zero-order valence-electron chi connectivity index (χ0n) is 16.8.